The fourth-order valence-corrected chi connectivity index (χ4v) is 2.53. The number of aromatic nitrogens is 3. The van der Waals surface area contributed by atoms with Crippen LogP contribution in [-0.2, 0) is 4.74 Å². The van der Waals surface area contributed by atoms with E-state index in [4.69, 9.17) is 16.3 Å². The van der Waals surface area contributed by atoms with Crippen molar-refractivity contribution in [3.05, 3.63) is 38.4 Å². The molecule has 0 unspecified atom stereocenters. The summed E-state index contributed by atoms with van der Waals surface area (Å²) in [7, 11) is 0. The van der Waals surface area contributed by atoms with Crippen molar-refractivity contribution in [2.24, 2.45) is 0 Å². The minimum absolute atomic E-state index is 0.0237. The maximum absolute atomic E-state index is 13.8. The SMILES string of the molecule is CC(C)(C)OC(=O)c1cn(-c2ccc(Cl)c(F)c2I)nn1. The fraction of sp³-hybridized carbons (Fsp3) is 0.308. The second kappa shape index (κ2) is 5.88. The maximum Gasteiger partial charge on any atom is 0.361 e. The molecule has 0 bridgehead atoms. The molecule has 21 heavy (non-hydrogen) atoms. The van der Waals surface area contributed by atoms with Crippen molar-refractivity contribution in [1.29, 1.82) is 0 Å². The van der Waals surface area contributed by atoms with Gasteiger partial charge in [0.25, 0.3) is 0 Å². The molecule has 0 saturated carbocycles. The fourth-order valence-electron chi connectivity index (χ4n) is 1.50. The summed E-state index contributed by atoms with van der Waals surface area (Å²) in [6.07, 6.45) is 1.39. The van der Waals surface area contributed by atoms with Crippen LogP contribution in [0.4, 0.5) is 4.39 Å². The Hall–Kier alpha value is -1.22. The maximum atomic E-state index is 13.8. The third-order valence-corrected chi connectivity index (χ3v) is 3.68. The van der Waals surface area contributed by atoms with Crippen LogP contribution in [0.5, 0.6) is 0 Å². The van der Waals surface area contributed by atoms with Gasteiger partial charge in [-0.05, 0) is 55.5 Å². The Kier molecular flexibility index (Phi) is 4.52. The van der Waals surface area contributed by atoms with Crippen molar-refractivity contribution in [3.63, 3.8) is 0 Å². The Morgan fingerprint density at radius 2 is 2.10 bits per heavy atom. The first-order valence-electron chi connectivity index (χ1n) is 5.98. The molecule has 0 saturated heterocycles. The highest BCUT2D eigenvalue weighted by atomic mass is 127. The minimum atomic E-state index is -0.623. The molecule has 0 aliphatic heterocycles. The summed E-state index contributed by atoms with van der Waals surface area (Å²) < 4.78 is 20.6. The predicted octanol–water partition coefficient (Wildman–Crippen LogP) is 3.62. The lowest BCUT2D eigenvalue weighted by molar-refractivity contribution is 0.00627. The van der Waals surface area contributed by atoms with Crippen LogP contribution in [0.3, 0.4) is 0 Å². The molecule has 1 heterocycles. The van der Waals surface area contributed by atoms with Crippen LogP contribution >= 0.6 is 34.2 Å². The number of rotatable bonds is 2. The highest BCUT2D eigenvalue weighted by Gasteiger charge is 2.21. The summed E-state index contributed by atoms with van der Waals surface area (Å²) in [5, 5.41) is 7.59. The van der Waals surface area contributed by atoms with Gasteiger partial charge in [-0.2, -0.15) is 0 Å². The summed E-state index contributed by atoms with van der Waals surface area (Å²) in [4.78, 5) is 11.9. The first kappa shape index (κ1) is 16.2. The third-order valence-electron chi connectivity index (χ3n) is 2.36. The van der Waals surface area contributed by atoms with Gasteiger partial charge in [0.05, 0.1) is 20.5 Å². The topological polar surface area (TPSA) is 57.0 Å². The van der Waals surface area contributed by atoms with Gasteiger partial charge in [-0.25, -0.2) is 13.9 Å². The Bertz CT molecular complexity index is 697. The van der Waals surface area contributed by atoms with Crippen molar-refractivity contribution in [2.45, 2.75) is 26.4 Å². The summed E-state index contributed by atoms with van der Waals surface area (Å²) in [5.74, 6) is -1.12. The van der Waals surface area contributed by atoms with Gasteiger partial charge in [-0.1, -0.05) is 16.8 Å². The van der Waals surface area contributed by atoms with E-state index >= 15 is 0 Å². The van der Waals surface area contributed by atoms with Crippen molar-refractivity contribution in [2.75, 3.05) is 0 Å². The van der Waals surface area contributed by atoms with Crippen LogP contribution in [0.2, 0.25) is 5.02 Å². The van der Waals surface area contributed by atoms with Crippen molar-refractivity contribution < 1.29 is 13.9 Å². The van der Waals surface area contributed by atoms with Crippen LogP contribution in [-0.4, -0.2) is 26.6 Å². The van der Waals surface area contributed by atoms with Gasteiger partial charge in [-0.15, -0.1) is 5.10 Å². The lowest BCUT2D eigenvalue weighted by atomic mass is 10.2. The molecule has 0 radical (unpaired) electrons. The number of nitrogens with zero attached hydrogens (tertiary/aromatic N) is 3. The first-order chi connectivity index (χ1) is 9.69. The van der Waals surface area contributed by atoms with Crippen molar-refractivity contribution in [1.82, 2.24) is 15.0 Å². The number of carbonyl (C=O) groups is 1. The number of esters is 1. The van der Waals surface area contributed by atoms with Crippen molar-refractivity contribution >= 4 is 40.2 Å². The van der Waals surface area contributed by atoms with E-state index in [9.17, 15) is 9.18 Å². The largest absolute Gasteiger partial charge is 0.455 e. The highest BCUT2D eigenvalue weighted by Crippen LogP contribution is 2.25. The van der Waals surface area contributed by atoms with Gasteiger partial charge in [0.15, 0.2) is 11.5 Å². The van der Waals surface area contributed by atoms with Crippen LogP contribution in [0.1, 0.15) is 31.3 Å². The Balaban J connectivity index is 2.33. The molecule has 8 heteroatoms. The minimum Gasteiger partial charge on any atom is -0.455 e. The molecule has 0 fully saturated rings. The van der Waals surface area contributed by atoms with Crippen LogP contribution < -0.4 is 0 Å². The van der Waals surface area contributed by atoms with Gasteiger partial charge in [0.1, 0.15) is 5.60 Å². The highest BCUT2D eigenvalue weighted by molar-refractivity contribution is 14.1. The van der Waals surface area contributed by atoms with Crippen molar-refractivity contribution in [3.8, 4) is 5.69 Å². The molecule has 0 spiro atoms. The number of halogens is 3. The standard InChI is InChI=1S/C13H12ClFIN3O2/c1-13(2,3)21-12(20)8-6-19(18-17-8)9-5-4-7(14)10(15)11(9)16/h4-6H,1-3H3. The summed E-state index contributed by atoms with van der Waals surface area (Å²) in [6, 6.07) is 3.02. The van der Waals surface area contributed by atoms with E-state index < -0.39 is 17.4 Å². The molecule has 0 N–H and O–H groups in total. The molecular weight excluding hydrogens is 412 g/mol. The first-order valence-corrected chi connectivity index (χ1v) is 7.44. The third kappa shape index (κ3) is 3.70. The van der Waals surface area contributed by atoms with E-state index in [-0.39, 0.29) is 10.7 Å². The number of ether oxygens (including phenoxy) is 1. The number of hydrogen-bond acceptors (Lipinski definition) is 4. The molecule has 0 aliphatic carbocycles. The van der Waals surface area contributed by atoms with Crippen LogP contribution in [0, 0.1) is 9.39 Å². The summed E-state index contributed by atoms with van der Waals surface area (Å²) >= 11 is 7.52. The normalized spacial score (nSPS) is 11.5. The number of carbonyl (C=O) groups excluding carboxylic acids is 1. The Labute approximate surface area is 139 Å². The van der Waals surface area contributed by atoms with Crippen LogP contribution in [0.25, 0.3) is 5.69 Å². The second-order valence-corrected chi connectivity index (χ2v) is 6.73. The van der Waals surface area contributed by atoms with Gasteiger partial charge in [0, 0.05) is 0 Å². The average molecular weight is 424 g/mol. The zero-order valence-corrected chi connectivity index (χ0v) is 14.4. The van der Waals surface area contributed by atoms with E-state index in [1.165, 1.54) is 16.9 Å². The summed E-state index contributed by atoms with van der Waals surface area (Å²) in [6.45, 7) is 5.27. The molecule has 1 aromatic heterocycles. The van der Waals surface area contributed by atoms with E-state index in [1.807, 2.05) is 22.6 Å². The summed E-state index contributed by atoms with van der Waals surface area (Å²) in [5.41, 5.74) is -0.127. The van der Waals surface area contributed by atoms with Gasteiger partial charge < -0.3 is 4.74 Å². The molecule has 5 nitrogen and oxygen atoms in total. The predicted molar refractivity (Wildman–Crippen MR) is 84.2 cm³/mol. The van der Waals surface area contributed by atoms with Crippen LogP contribution in [0.15, 0.2) is 18.3 Å². The number of benzene rings is 1. The average Bonchev–Trinajstić information content (AvgIpc) is 2.83. The molecule has 2 rings (SSSR count). The molecule has 0 aliphatic rings. The van der Waals surface area contributed by atoms with Gasteiger partial charge >= 0.3 is 5.97 Å². The monoisotopic (exact) mass is 423 g/mol. The smallest absolute Gasteiger partial charge is 0.361 e. The molecule has 112 valence electrons. The Morgan fingerprint density at radius 1 is 1.43 bits per heavy atom. The van der Waals surface area contributed by atoms with E-state index in [0.29, 0.717) is 9.26 Å². The lowest BCUT2D eigenvalue weighted by Crippen LogP contribution is -2.24. The second-order valence-electron chi connectivity index (χ2n) is 5.24. The quantitative estimate of drug-likeness (QED) is 0.421. The lowest BCUT2D eigenvalue weighted by Gasteiger charge is -2.18. The molecule has 0 atom stereocenters. The van der Waals surface area contributed by atoms with E-state index in [0.717, 1.165) is 0 Å². The molecular formula is C13H12ClFIN3O2. The molecule has 1 aromatic carbocycles. The van der Waals surface area contributed by atoms with Gasteiger partial charge in [0.2, 0.25) is 0 Å². The van der Waals surface area contributed by atoms with E-state index in [1.54, 1.807) is 26.8 Å². The van der Waals surface area contributed by atoms with E-state index in [2.05, 4.69) is 10.3 Å². The zero-order chi connectivity index (χ0) is 15.8. The number of hydrogen-bond donors (Lipinski definition) is 0. The van der Waals surface area contributed by atoms with Gasteiger partial charge in [-0.3, -0.25) is 0 Å². The Morgan fingerprint density at radius 3 is 2.71 bits per heavy atom. The zero-order valence-electron chi connectivity index (χ0n) is 11.5. The molecule has 2 aromatic rings. The molecule has 0 amide bonds.